The van der Waals surface area contributed by atoms with Gasteiger partial charge in [0.1, 0.15) is 0 Å². The molecule has 1 aliphatic rings. The summed E-state index contributed by atoms with van der Waals surface area (Å²) in [7, 11) is 0. The van der Waals surface area contributed by atoms with Crippen molar-refractivity contribution >= 4 is 17.5 Å². The molecular formula is C16H18ClN3O3. The van der Waals surface area contributed by atoms with Crippen molar-refractivity contribution in [2.75, 3.05) is 19.7 Å². The largest absolute Gasteiger partial charge is 0.373 e. The van der Waals surface area contributed by atoms with Crippen LogP contribution >= 0.6 is 11.6 Å². The van der Waals surface area contributed by atoms with Crippen LogP contribution in [0, 0.1) is 0 Å². The molecule has 2 heterocycles. The van der Waals surface area contributed by atoms with Gasteiger partial charge in [-0.3, -0.25) is 4.79 Å². The minimum absolute atomic E-state index is 0.132. The summed E-state index contributed by atoms with van der Waals surface area (Å²) in [5.74, 6) is 0.352. The van der Waals surface area contributed by atoms with Crippen LogP contribution in [0.5, 0.6) is 0 Å². The number of nitrogens with zero attached hydrogens (tertiary/aromatic N) is 2. The molecule has 1 amide bonds. The molecule has 3 rings (SSSR count). The van der Waals surface area contributed by atoms with Crippen molar-refractivity contribution in [1.82, 2.24) is 10.1 Å². The zero-order valence-corrected chi connectivity index (χ0v) is 13.5. The monoisotopic (exact) mass is 335 g/mol. The molecule has 0 bridgehead atoms. The molecule has 2 N–H and O–H groups in total. The van der Waals surface area contributed by atoms with Crippen LogP contribution in [0.4, 0.5) is 0 Å². The van der Waals surface area contributed by atoms with E-state index in [1.807, 2.05) is 19.1 Å². The molecule has 0 spiro atoms. The Kier molecular flexibility index (Phi) is 4.66. The molecule has 1 aliphatic heterocycles. The summed E-state index contributed by atoms with van der Waals surface area (Å²) in [6.07, 6.45) is -0.157. The first-order valence-corrected chi connectivity index (χ1v) is 7.81. The Bertz CT molecular complexity index is 684. The van der Waals surface area contributed by atoms with E-state index in [4.69, 9.17) is 26.6 Å². The second-order valence-corrected chi connectivity index (χ2v) is 6.04. The summed E-state index contributed by atoms with van der Waals surface area (Å²) >= 11 is 5.87. The van der Waals surface area contributed by atoms with E-state index in [9.17, 15) is 4.79 Å². The van der Waals surface area contributed by atoms with Crippen molar-refractivity contribution in [3.63, 3.8) is 0 Å². The van der Waals surface area contributed by atoms with Gasteiger partial charge in [-0.1, -0.05) is 16.8 Å². The standard InChI is InChI=1S/C16H18ClN3O3/c1-10(18)15-9-20(6-7-22-15)16(21)13-8-14(23-19-13)11-2-4-12(17)5-3-11/h2-5,8,10,15H,6-7,9,18H2,1H3. The van der Waals surface area contributed by atoms with Gasteiger partial charge in [0.25, 0.3) is 5.91 Å². The van der Waals surface area contributed by atoms with E-state index in [1.165, 1.54) is 0 Å². The highest BCUT2D eigenvalue weighted by Gasteiger charge is 2.28. The molecule has 2 atom stereocenters. The molecule has 1 aromatic carbocycles. The van der Waals surface area contributed by atoms with Crippen LogP contribution in [0.2, 0.25) is 5.02 Å². The molecule has 0 aliphatic carbocycles. The van der Waals surface area contributed by atoms with E-state index < -0.39 is 0 Å². The lowest BCUT2D eigenvalue weighted by Gasteiger charge is -2.34. The summed E-state index contributed by atoms with van der Waals surface area (Å²) in [6, 6.07) is 8.66. The van der Waals surface area contributed by atoms with Gasteiger partial charge >= 0.3 is 0 Å². The highest BCUT2D eigenvalue weighted by atomic mass is 35.5. The van der Waals surface area contributed by atoms with Crippen molar-refractivity contribution < 1.29 is 14.1 Å². The molecular weight excluding hydrogens is 318 g/mol. The van der Waals surface area contributed by atoms with Gasteiger partial charge in [-0.25, -0.2) is 0 Å². The lowest BCUT2D eigenvalue weighted by Crippen LogP contribution is -2.51. The first kappa shape index (κ1) is 16.0. The third-order valence-corrected chi connectivity index (χ3v) is 4.08. The van der Waals surface area contributed by atoms with Gasteiger partial charge in [-0.2, -0.15) is 0 Å². The third-order valence-electron chi connectivity index (χ3n) is 3.83. The number of amides is 1. The summed E-state index contributed by atoms with van der Waals surface area (Å²) in [5.41, 5.74) is 6.95. The minimum atomic E-state index is -0.178. The van der Waals surface area contributed by atoms with Crippen LogP contribution < -0.4 is 5.73 Å². The fourth-order valence-corrected chi connectivity index (χ4v) is 2.59. The minimum Gasteiger partial charge on any atom is -0.373 e. The highest BCUT2D eigenvalue weighted by Crippen LogP contribution is 2.23. The Morgan fingerprint density at radius 2 is 2.17 bits per heavy atom. The van der Waals surface area contributed by atoms with Crippen LogP contribution in [0.15, 0.2) is 34.9 Å². The Balaban J connectivity index is 1.74. The maximum Gasteiger partial charge on any atom is 0.276 e. The van der Waals surface area contributed by atoms with Crippen LogP contribution in [-0.2, 0) is 4.74 Å². The van der Waals surface area contributed by atoms with Crippen LogP contribution in [0.3, 0.4) is 0 Å². The molecule has 2 unspecified atom stereocenters. The summed E-state index contributed by atoms with van der Waals surface area (Å²) < 4.78 is 10.8. The van der Waals surface area contributed by atoms with E-state index in [-0.39, 0.29) is 23.7 Å². The third kappa shape index (κ3) is 3.55. The second kappa shape index (κ2) is 6.70. The fourth-order valence-electron chi connectivity index (χ4n) is 2.47. The number of hydrogen-bond donors (Lipinski definition) is 1. The molecule has 1 saturated heterocycles. The molecule has 6 nitrogen and oxygen atoms in total. The van der Waals surface area contributed by atoms with Crippen molar-refractivity contribution in [2.24, 2.45) is 5.73 Å². The van der Waals surface area contributed by atoms with Crippen LogP contribution in [0.1, 0.15) is 17.4 Å². The summed E-state index contributed by atoms with van der Waals surface area (Å²) in [4.78, 5) is 14.2. The second-order valence-electron chi connectivity index (χ2n) is 5.60. The molecule has 23 heavy (non-hydrogen) atoms. The topological polar surface area (TPSA) is 81.6 Å². The quantitative estimate of drug-likeness (QED) is 0.929. The lowest BCUT2D eigenvalue weighted by molar-refractivity contribution is -0.0302. The highest BCUT2D eigenvalue weighted by molar-refractivity contribution is 6.30. The Morgan fingerprint density at radius 1 is 1.43 bits per heavy atom. The first-order chi connectivity index (χ1) is 11.0. The predicted molar refractivity (Wildman–Crippen MR) is 86.2 cm³/mol. The number of carbonyl (C=O) groups excluding carboxylic acids is 1. The number of carbonyl (C=O) groups is 1. The number of rotatable bonds is 3. The molecule has 1 fully saturated rings. The molecule has 1 aromatic heterocycles. The van der Waals surface area contributed by atoms with Gasteiger partial charge in [0.05, 0.1) is 12.7 Å². The average molecular weight is 336 g/mol. The summed E-state index contributed by atoms with van der Waals surface area (Å²) in [6.45, 7) is 3.32. The van der Waals surface area contributed by atoms with E-state index in [0.717, 1.165) is 5.56 Å². The molecule has 0 radical (unpaired) electrons. The van der Waals surface area contributed by atoms with Crippen molar-refractivity contribution in [2.45, 2.75) is 19.1 Å². The van der Waals surface area contributed by atoms with E-state index >= 15 is 0 Å². The number of benzene rings is 1. The van der Waals surface area contributed by atoms with Gasteiger partial charge in [0.15, 0.2) is 11.5 Å². The summed E-state index contributed by atoms with van der Waals surface area (Å²) in [5, 5.41) is 4.53. The van der Waals surface area contributed by atoms with Gasteiger partial charge < -0.3 is 19.9 Å². The molecule has 7 heteroatoms. The predicted octanol–water partition coefficient (Wildman–Crippen LogP) is 2.18. The average Bonchev–Trinajstić information content (AvgIpc) is 3.05. The number of hydrogen-bond acceptors (Lipinski definition) is 5. The van der Waals surface area contributed by atoms with E-state index in [2.05, 4.69) is 5.16 Å². The van der Waals surface area contributed by atoms with Gasteiger partial charge in [-0.05, 0) is 31.2 Å². The zero-order valence-electron chi connectivity index (χ0n) is 12.7. The van der Waals surface area contributed by atoms with E-state index in [0.29, 0.717) is 30.5 Å². The Labute approximate surface area is 139 Å². The maximum absolute atomic E-state index is 12.6. The number of ether oxygens (including phenoxy) is 1. The molecule has 2 aromatic rings. The van der Waals surface area contributed by atoms with Crippen LogP contribution in [-0.4, -0.2) is 47.8 Å². The van der Waals surface area contributed by atoms with Crippen LogP contribution in [0.25, 0.3) is 11.3 Å². The van der Waals surface area contributed by atoms with Gasteiger partial charge in [0, 0.05) is 35.8 Å². The Morgan fingerprint density at radius 3 is 2.87 bits per heavy atom. The lowest BCUT2D eigenvalue weighted by atomic mass is 10.1. The van der Waals surface area contributed by atoms with Gasteiger partial charge in [0.2, 0.25) is 0 Å². The van der Waals surface area contributed by atoms with Crippen molar-refractivity contribution in [1.29, 1.82) is 0 Å². The SMILES string of the molecule is CC(N)C1CN(C(=O)c2cc(-c3ccc(Cl)cc3)on2)CCO1. The van der Waals surface area contributed by atoms with E-state index in [1.54, 1.807) is 23.1 Å². The van der Waals surface area contributed by atoms with Crippen molar-refractivity contribution in [3.8, 4) is 11.3 Å². The van der Waals surface area contributed by atoms with Crippen molar-refractivity contribution in [3.05, 3.63) is 41.0 Å². The number of morpholine rings is 1. The number of aromatic nitrogens is 1. The Hall–Kier alpha value is -1.89. The number of halogens is 1. The zero-order chi connectivity index (χ0) is 16.4. The normalized spacial score (nSPS) is 19.6. The maximum atomic E-state index is 12.6. The van der Waals surface area contributed by atoms with Gasteiger partial charge in [-0.15, -0.1) is 0 Å². The number of nitrogens with two attached hydrogens (primary N) is 1. The first-order valence-electron chi connectivity index (χ1n) is 7.43. The molecule has 122 valence electrons. The fraction of sp³-hybridized carbons (Fsp3) is 0.375. The smallest absolute Gasteiger partial charge is 0.276 e. The molecule has 0 saturated carbocycles.